The average molecular weight is 351 g/mol. The summed E-state index contributed by atoms with van der Waals surface area (Å²) in [5.74, 6) is 0.834. The van der Waals surface area contributed by atoms with E-state index in [9.17, 15) is 0 Å². The molecule has 0 spiro atoms. The molecule has 0 fully saturated rings. The number of pyridine rings is 2. The van der Waals surface area contributed by atoms with Gasteiger partial charge in [0.15, 0.2) is 0 Å². The highest BCUT2D eigenvalue weighted by molar-refractivity contribution is 5.98. The van der Waals surface area contributed by atoms with Crippen molar-refractivity contribution in [1.82, 2.24) is 9.97 Å². The lowest BCUT2D eigenvalue weighted by molar-refractivity contribution is 0.632. The Balaban J connectivity index is 1.54. The zero-order valence-electron chi connectivity index (χ0n) is 14.6. The Morgan fingerprint density at radius 2 is 1.70 bits per heavy atom. The van der Waals surface area contributed by atoms with Crippen molar-refractivity contribution in [2.24, 2.45) is 0 Å². The lowest BCUT2D eigenvalue weighted by atomic mass is 10.0. The molecule has 0 amide bonds. The van der Waals surface area contributed by atoms with E-state index >= 15 is 0 Å². The summed E-state index contributed by atoms with van der Waals surface area (Å²) in [4.78, 5) is 8.45. The van der Waals surface area contributed by atoms with Crippen LogP contribution in [0.5, 0.6) is 0 Å². The molecule has 0 saturated heterocycles. The van der Waals surface area contributed by atoms with Gasteiger partial charge >= 0.3 is 0 Å². The first kappa shape index (κ1) is 15.6. The van der Waals surface area contributed by atoms with Crippen LogP contribution in [-0.2, 0) is 6.54 Å². The summed E-state index contributed by atoms with van der Waals surface area (Å²) in [6.45, 7) is 0.749. The average Bonchev–Trinajstić information content (AvgIpc) is 3.16. The lowest BCUT2D eigenvalue weighted by Gasteiger charge is -2.09. The third kappa shape index (κ3) is 3.02. The number of nitrogens with zero attached hydrogens (tertiary/aromatic N) is 2. The fourth-order valence-corrected chi connectivity index (χ4v) is 3.29. The van der Waals surface area contributed by atoms with Gasteiger partial charge in [-0.15, -0.1) is 0 Å². The molecule has 4 heteroatoms. The number of rotatable bonds is 4. The maximum absolute atomic E-state index is 6.06. The molecule has 0 unspecified atom stereocenters. The van der Waals surface area contributed by atoms with Crippen molar-refractivity contribution in [1.29, 1.82) is 0 Å². The number of anilines is 1. The number of fused-ring (bicyclic) bond motifs is 2. The third-order valence-electron chi connectivity index (χ3n) is 4.70. The molecule has 27 heavy (non-hydrogen) atoms. The van der Waals surface area contributed by atoms with Crippen molar-refractivity contribution in [2.45, 2.75) is 6.54 Å². The second kappa shape index (κ2) is 6.57. The molecule has 0 atom stereocenters. The van der Waals surface area contributed by atoms with Crippen molar-refractivity contribution in [3.8, 4) is 11.3 Å². The van der Waals surface area contributed by atoms with Crippen molar-refractivity contribution in [3.63, 3.8) is 0 Å². The Hall–Kier alpha value is -3.66. The van der Waals surface area contributed by atoms with Gasteiger partial charge in [-0.1, -0.05) is 24.3 Å². The number of nitrogens with one attached hydrogen (secondary N) is 1. The monoisotopic (exact) mass is 351 g/mol. The van der Waals surface area contributed by atoms with E-state index in [2.05, 4.69) is 45.6 Å². The molecule has 2 aromatic carbocycles. The van der Waals surface area contributed by atoms with E-state index in [1.165, 1.54) is 5.56 Å². The zero-order chi connectivity index (χ0) is 18.1. The normalized spacial score (nSPS) is 11.1. The molecular weight excluding hydrogens is 334 g/mol. The van der Waals surface area contributed by atoms with E-state index in [-0.39, 0.29) is 0 Å². The molecule has 5 aromatic rings. The lowest BCUT2D eigenvalue weighted by Crippen LogP contribution is -1.99. The molecule has 0 aliphatic carbocycles. The molecule has 0 saturated carbocycles. The van der Waals surface area contributed by atoms with Gasteiger partial charge in [0.1, 0.15) is 11.3 Å². The first-order valence-corrected chi connectivity index (χ1v) is 8.86. The summed E-state index contributed by atoms with van der Waals surface area (Å²) in [6, 6.07) is 20.5. The summed E-state index contributed by atoms with van der Waals surface area (Å²) in [5, 5.41) is 6.77. The standard InChI is InChI=1S/C23H17N3O/c1-2-4-22-17(3-1)11-23(27-22)21-15-25-14-18-5-6-19(12-20(18)21)26-13-16-7-9-24-10-8-16/h1-12,14-15,26H,13H2. The molecule has 5 rings (SSSR count). The van der Waals surface area contributed by atoms with Crippen LogP contribution >= 0.6 is 0 Å². The van der Waals surface area contributed by atoms with Crippen LogP contribution in [0.1, 0.15) is 5.56 Å². The topological polar surface area (TPSA) is 51.0 Å². The van der Waals surface area contributed by atoms with Crippen molar-refractivity contribution in [3.05, 3.63) is 91.0 Å². The van der Waals surface area contributed by atoms with E-state index in [1.54, 1.807) is 0 Å². The van der Waals surface area contributed by atoms with Gasteiger partial charge in [-0.3, -0.25) is 9.97 Å². The maximum Gasteiger partial charge on any atom is 0.137 e. The summed E-state index contributed by atoms with van der Waals surface area (Å²) in [5.41, 5.74) is 4.13. The first-order chi connectivity index (χ1) is 13.4. The number of benzene rings is 2. The second-order valence-corrected chi connectivity index (χ2v) is 6.48. The van der Waals surface area contributed by atoms with Crippen molar-refractivity contribution < 1.29 is 4.42 Å². The first-order valence-electron chi connectivity index (χ1n) is 8.86. The number of hydrogen-bond acceptors (Lipinski definition) is 4. The minimum absolute atomic E-state index is 0.749. The van der Waals surface area contributed by atoms with Crippen molar-refractivity contribution >= 4 is 27.4 Å². The van der Waals surface area contributed by atoms with Gasteiger partial charge in [0.05, 0.1) is 0 Å². The fourth-order valence-electron chi connectivity index (χ4n) is 3.29. The van der Waals surface area contributed by atoms with Gasteiger partial charge in [0, 0.05) is 53.4 Å². The summed E-state index contributed by atoms with van der Waals surface area (Å²) >= 11 is 0. The van der Waals surface area contributed by atoms with Crippen LogP contribution in [-0.4, -0.2) is 9.97 Å². The smallest absolute Gasteiger partial charge is 0.137 e. The Kier molecular flexibility index (Phi) is 3.79. The molecule has 0 aliphatic heterocycles. The van der Waals surface area contributed by atoms with Crippen molar-refractivity contribution in [2.75, 3.05) is 5.32 Å². The molecule has 0 bridgehead atoms. The highest BCUT2D eigenvalue weighted by Crippen LogP contribution is 2.33. The van der Waals surface area contributed by atoms with Crippen LogP contribution in [0.4, 0.5) is 5.69 Å². The molecule has 3 aromatic heterocycles. The molecule has 4 nitrogen and oxygen atoms in total. The van der Waals surface area contributed by atoms with E-state index < -0.39 is 0 Å². The minimum Gasteiger partial charge on any atom is -0.456 e. The fraction of sp³-hybridized carbons (Fsp3) is 0.0435. The quantitative estimate of drug-likeness (QED) is 0.454. The SMILES string of the molecule is c1ccc2oc(-c3cncc4ccc(NCc5ccncc5)cc34)cc2c1. The molecule has 0 radical (unpaired) electrons. The number of para-hydroxylation sites is 1. The van der Waals surface area contributed by atoms with E-state index in [0.29, 0.717) is 0 Å². The predicted molar refractivity (Wildman–Crippen MR) is 109 cm³/mol. The highest BCUT2D eigenvalue weighted by atomic mass is 16.3. The molecule has 130 valence electrons. The van der Waals surface area contributed by atoms with Crippen LogP contribution in [0.25, 0.3) is 33.1 Å². The van der Waals surface area contributed by atoms with Gasteiger partial charge < -0.3 is 9.73 Å². The zero-order valence-corrected chi connectivity index (χ0v) is 14.6. The Morgan fingerprint density at radius 3 is 2.59 bits per heavy atom. The van der Waals surface area contributed by atoms with Gasteiger partial charge in [0.25, 0.3) is 0 Å². The highest BCUT2D eigenvalue weighted by Gasteiger charge is 2.10. The Morgan fingerprint density at radius 1 is 0.815 bits per heavy atom. The number of hydrogen-bond donors (Lipinski definition) is 1. The van der Waals surface area contributed by atoms with Gasteiger partial charge in [0.2, 0.25) is 0 Å². The predicted octanol–water partition coefficient (Wildman–Crippen LogP) is 5.66. The van der Waals surface area contributed by atoms with E-state index in [1.807, 2.05) is 55.1 Å². The van der Waals surface area contributed by atoms with Crippen LogP contribution in [0.15, 0.2) is 89.9 Å². The van der Waals surface area contributed by atoms with Crippen LogP contribution in [0.2, 0.25) is 0 Å². The van der Waals surface area contributed by atoms with Crippen LogP contribution < -0.4 is 5.32 Å². The summed E-state index contributed by atoms with van der Waals surface area (Å²) in [7, 11) is 0. The van der Waals surface area contributed by atoms with E-state index in [0.717, 1.165) is 45.3 Å². The Labute approximate surface area is 156 Å². The van der Waals surface area contributed by atoms with Crippen LogP contribution in [0, 0.1) is 0 Å². The summed E-state index contributed by atoms with van der Waals surface area (Å²) < 4.78 is 6.06. The van der Waals surface area contributed by atoms with Gasteiger partial charge in [-0.2, -0.15) is 0 Å². The second-order valence-electron chi connectivity index (χ2n) is 6.48. The largest absolute Gasteiger partial charge is 0.456 e. The number of furan rings is 1. The molecule has 3 heterocycles. The van der Waals surface area contributed by atoms with E-state index in [4.69, 9.17) is 4.42 Å². The molecular formula is C23H17N3O. The maximum atomic E-state index is 6.06. The minimum atomic E-state index is 0.749. The summed E-state index contributed by atoms with van der Waals surface area (Å²) in [6.07, 6.45) is 7.37. The number of aromatic nitrogens is 2. The Bertz CT molecular complexity index is 1200. The van der Waals surface area contributed by atoms with Crippen LogP contribution in [0.3, 0.4) is 0 Å². The molecule has 0 aliphatic rings. The third-order valence-corrected chi connectivity index (χ3v) is 4.70. The van der Waals surface area contributed by atoms with Gasteiger partial charge in [-0.05, 0) is 47.3 Å². The van der Waals surface area contributed by atoms with Gasteiger partial charge in [-0.25, -0.2) is 0 Å². The molecule has 1 N–H and O–H groups in total.